The quantitative estimate of drug-likeness (QED) is 0.804. The van der Waals surface area contributed by atoms with E-state index in [0.29, 0.717) is 13.1 Å². The van der Waals surface area contributed by atoms with Crippen molar-refractivity contribution in [3.05, 3.63) is 30.6 Å². The van der Waals surface area contributed by atoms with Crippen LogP contribution in [0.4, 0.5) is 11.6 Å². The Labute approximate surface area is 166 Å². The average Bonchev–Trinajstić information content (AvgIpc) is 3.15. The molecule has 28 heavy (non-hydrogen) atoms. The Morgan fingerprint density at radius 1 is 0.893 bits per heavy atom. The molecule has 0 N–H and O–H groups in total. The monoisotopic (exact) mass is 383 g/mol. The van der Waals surface area contributed by atoms with Gasteiger partial charge in [0.25, 0.3) is 0 Å². The van der Waals surface area contributed by atoms with Gasteiger partial charge in [-0.2, -0.15) is 5.10 Å². The zero-order valence-electron chi connectivity index (χ0n) is 16.6. The molecular weight excluding hydrogens is 354 g/mol. The first-order chi connectivity index (χ1) is 13.7. The lowest BCUT2D eigenvalue weighted by molar-refractivity contribution is -0.134. The summed E-state index contributed by atoms with van der Waals surface area (Å²) in [6, 6.07) is 5.73. The van der Waals surface area contributed by atoms with Gasteiger partial charge < -0.3 is 14.7 Å². The Balaban J connectivity index is 1.32. The number of anilines is 2. The van der Waals surface area contributed by atoms with Crippen molar-refractivity contribution in [2.75, 3.05) is 49.1 Å². The summed E-state index contributed by atoms with van der Waals surface area (Å²) in [5.74, 6) is 1.99. The molecule has 0 saturated carbocycles. The van der Waals surface area contributed by atoms with Crippen LogP contribution in [-0.2, 0) is 4.79 Å². The van der Waals surface area contributed by atoms with Gasteiger partial charge in [0.05, 0.1) is 0 Å². The van der Waals surface area contributed by atoms with Crippen LogP contribution in [-0.4, -0.2) is 70.1 Å². The van der Waals surface area contributed by atoms with Crippen LogP contribution in [0.25, 0.3) is 0 Å². The summed E-state index contributed by atoms with van der Waals surface area (Å²) in [6.45, 7) is 6.98. The van der Waals surface area contributed by atoms with Crippen molar-refractivity contribution in [2.24, 2.45) is 0 Å². The van der Waals surface area contributed by atoms with Crippen LogP contribution in [0.1, 0.15) is 38.6 Å². The molecule has 150 valence electrons. The third kappa shape index (κ3) is 4.10. The number of amides is 1. The lowest BCUT2D eigenvalue weighted by Crippen LogP contribution is -2.50. The standard InChI is InChI=1S/C20H29N7O/c1-17(27-12-6-9-21-27)20(28)26-15-13-25(14-16-26)19-8-7-18(22-23-19)24-10-4-2-3-5-11-24/h6-9,12,17H,2-5,10-11,13-16H2,1H3. The van der Waals surface area contributed by atoms with Crippen molar-refractivity contribution in [3.63, 3.8) is 0 Å². The molecule has 8 heteroatoms. The highest BCUT2D eigenvalue weighted by Crippen LogP contribution is 2.20. The topological polar surface area (TPSA) is 70.4 Å². The maximum atomic E-state index is 12.7. The second-order valence-electron chi connectivity index (χ2n) is 7.63. The van der Waals surface area contributed by atoms with E-state index in [0.717, 1.165) is 37.8 Å². The summed E-state index contributed by atoms with van der Waals surface area (Å²) in [4.78, 5) is 19.2. The Bertz CT molecular complexity index is 745. The van der Waals surface area contributed by atoms with Crippen LogP contribution >= 0.6 is 0 Å². The fourth-order valence-corrected chi connectivity index (χ4v) is 4.00. The Hall–Kier alpha value is -2.64. The first-order valence-corrected chi connectivity index (χ1v) is 10.3. The van der Waals surface area contributed by atoms with Crippen LogP contribution in [0.2, 0.25) is 0 Å². The maximum absolute atomic E-state index is 12.7. The van der Waals surface area contributed by atoms with Gasteiger partial charge in [0.15, 0.2) is 11.6 Å². The summed E-state index contributed by atoms with van der Waals surface area (Å²) in [5, 5.41) is 13.1. The number of hydrogen-bond acceptors (Lipinski definition) is 6. The van der Waals surface area contributed by atoms with Gasteiger partial charge in [0, 0.05) is 51.7 Å². The minimum atomic E-state index is -0.269. The number of aromatic nitrogens is 4. The second kappa shape index (κ2) is 8.58. The molecule has 2 aliphatic rings. The first kappa shape index (κ1) is 18.7. The zero-order valence-corrected chi connectivity index (χ0v) is 16.6. The fraction of sp³-hybridized carbons (Fsp3) is 0.600. The van der Waals surface area contributed by atoms with Crippen molar-refractivity contribution < 1.29 is 4.79 Å². The van der Waals surface area contributed by atoms with Gasteiger partial charge >= 0.3 is 0 Å². The highest BCUT2D eigenvalue weighted by atomic mass is 16.2. The summed E-state index contributed by atoms with van der Waals surface area (Å²) in [7, 11) is 0. The van der Waals surface area contributed by atoms with Gasteiger partial charge in [0.1, 0.15) is 6.04 Å². The van der Waals surface area contributed by atoms with E-state index in [1.165, 1.54) is 25.7 Å². The lowest BCUT2D eigenvalue weighted by atomic mass is 10.2. The largest absolute Gasteiger partial charge is 0.355 e. The van der Waals surface area contributed by atoms with E-state index in [1.54, 1.807) is 10.9 Å². The van der Waals surface area contributed by atoms with Gasteiger partial charge in [-0.1, -0.05) is 12.8 Å². The average molecular weight is 384 g/mol. The van der Waals surface area contributed by atoms with Crippen molar-refractivity contribution in [1.82, 2.24) is 24.9 Å². The van der Waals surface area contributed by atoms with E-state index in [1.807, 2.05) is 24.1 Å². The van der Waals surface area contributed by atoms with Gasteiger partial charge in [0.2, 0.25) is 5.91 Å². The van der Waals surface area contributed by atoms with Crippen molar-refractivity contribution in [2.45, 2.75) is 38.6 Å². The smallest absolute Gasteiger partial charge is 0.247 e. The minimum Gasteiger partial charge on any atom is -0.355 e. The molecule has 2 saturated heterocycles. The van der Waals surface area contributed by atoms with Crippen molar-refractivity contribution in [3.8, 4) is 0 Å². The fourth-order valence-electron chi connectivity index (χ4n) is 4.00. The highest BCUT2D eigenvalue weighted by Gasteiger charge is 2.26. The molecule has 4 heterocycles. The number of carbonyl (C=O) groups excluding carboxylic acids is 1. The first-order valence-electron chi connectivity index (χ1n) is 10.3. The molecule has 0 bridgehead atoms. The number of rotatable bonds is 4. The Morgan fingerprint density at radius 3 is 2.04 bits per heavy atom. The van der Waals surface area contributed by atoms with E-state index in [9.17, 15) is 4.79 Å². The summed E-state index contributed by atoms with van der Waals surface area (Å²) >= 11 is 0. The molecule has 1 amide bonds. The predicted molar refractivity (Wildman–Crippen MR) is 108 cm³/mol. The van der Waals surface area contributed by atoms with E-state index < -0.39 is 0 Å². The molecule has 1 atom stereocenters. The zero-order chi connectivity index (χ0) is 19.3. The van der Waals surface area contributed by atoms with E-state index in [2.05, 4.69) is 37.2 Å². The lowest BCUT2D eigenvalue weighted by Gasteiger charge is -2.36. The highest BCUT2D eigenvalue weighted by molar-refractivity contribution is 5.80. The molecule has 2 fully saturated rings. The van der Waals surface area contributed by atoms with E-state index in [4.69, 9.17) is 0 Å². The normalized spacial score (nSPS) is 19.4. The molecule has 2 aliphatic heterocycles. The van der Waals surface area contributed by atoms with Crippen LogP contribution in [0.15, 0.2) is 30.6 Å². The number of piperazine rings is 1. The molecule has 0 spiro atoms. The molecule has 0 aliphatic carbocycles. The van der Waals surface area contributed by atoms with Crippen molar-refractivity contribution in [1.29, 1.82) is 0 Å². The molecule has 1 unspecified atom stereocenters. The van der Waals surface area contributed by atoms with E-state index >= 15 is 0 Å². The van der Waals surface area contributed by atoms with Crippen LogP contribution in [0.3, 0.4) is 0 Å². The Kier molecular flexibility index (Phi) is 5.73. The van der Waals surface area contributed by atoms with E-state index in [-0.39, 0.29) is 11.9 Å². The van der Waals surface area contributed by atoms with Crippen LogP contribution < -0.4 is 9.80 Å². The van der Waals surface area contributed by atoms with Gasteiger partial charge in [-0.25, -0.2) is 0 Å². The SMILES string of the molecule is CC(C(=O)N1CCN(c2ccc(N3CCCCCC3)nn2)CC1)n1cccn1. The molecule has 0 aromatic carbocycles. The summed E-state index contributed by atoms with van der Waals surface area (Å²) in [5.41, 5.74) is 0. The number of nitrogens with zero attached hydrogens (tertiary/aromatic N) is 7. The number of hydrogen-bond donors (Lipinski definition) is 0. The molecular formula is C20H29N7O. The molecule has 2 aromatic heterocycles. The predicted octanol–water partition coefficient (Wildman–Crippen LogP) is 1.96. The summed E-state index contributed by atoms with van der Waals surface area (Å²) in [6.07, 6.45) is 8.62. The molecule has 2 aromatic rings. The third-order valence-electron chi connectivity index (χ3n) is 5.76. The summed E-state index contributed by atoms with van der Waals surface area (Å²) < 4.78 is 1.71. The van der Waals surface area contributed by atoms with Gasteiger partial charge in [-0.3, -0.25) is 9.48 Å². The molecule has 8 nitrogen and oxygen atoms in total. The molecule has 0 radical (unpaired) electrons. The van der Waals surface area contributed by atoms with Gasteiger partial charge in [-0.15, -0.1) is 10.2 Å². The molecule has 4 rings (SSSR count). The minimum absolute atomic E-state index is 0.117. The van der Waals surface area contributed by atoms with Crippen LogP contribution in [0.5, 0.6) is 0 Å². The Morgan fingerprint density at radius 2 is 1.50 bits per heavy atom. The van der Waals surface area contributed by atoms with Crippen LogP contribution in [0, 0.1) is 0 Å². The second-order valence-corrected chi connectivity index (χ2v) is 7.63. The third-order valence-corrected chi connectivity index (χ3v) is 5.76. The number of carbonyl (C=O) groups is 1. The maximum Gasteiger partial charge on any atom is 0.247 e. The van der Waals surface area contributed by atoms with Crippen molar-refractivity contribution >= 4 is 17.5 Å². The van der Waals surface area contributed by atoms with Gasteiger partial charge in [-0.05, 0) is 38.0 Å².